The lowest BCUT2D eigenvalue weighted by Crippen LogP contribution is -2.44. The lowest BCUT2D eigenvalue weighted by atomic mass is 9.92. The van der Waals surface area contributed by atoms with E-state index in [0.29, 0.717) is 0 Å². The highest BCUT2D eigenvalue weighted by molar-refractivity contribution is 6.00. The molecule has 2 rings (SSSR count). The number of hydrogen-bond acceptors (Lipinski definition) is 4. The van der Waals surface area contributed by atoms with Crippen LogP contribution in [-0.2, 0) is 4.84 Å². The van der Waals surface area contributed by atoms with Gasteiger partial charge in [-0.1, -0.05) is 43.8 Å². The summed E-state index contributed by atoms with van der Waals surface area (Å²) < 4.78 is 0. The fourth-order valence-corrected chi connectivity index (χ4v) is 3.81. The van der Waals surface area contributed by atoms with Crippen LogP contribution >= 0.6 is 0 Å². The first-order valence-electron chi connectivity index (χ1n) is 11.1. The van der Waals surface area contributed by atoms with Gasteiger partial charge in [-0.15, -0.1) is 0 Å². The summed E-state index contributed by atoms with van der Waals surface area (Å²) in [6.45, 7) is 8.93. The molecule has 2 aliphatic rings. The smallest absolute Gasteiger partial charge is 0.118 e. The maximum absolute atomic E-state index is 5.69. The molecule has 0 amide bonds. The minimum absolute atomic E-state index is 0.750. The lowest BCUT2D eigenvalue weighted by molar-refractivity contribution is 0.110. The first-order chi connectivity index (χ1) is 12.8. The molecule has 0 aromatic carbocycles. The Kier molecular flexibility index (Phi) is 11.0. The zero-order valence-electron chi connectivity index (χ0n) is 17.3. The number of oxime groups is 1. The fourth-order valence-electron chi connectivity index (χ4n) is 3.81. The number of piperazine rings is 1. The van der Waals surface area contributed by atoms with E-state index in [4.69, 9.17) is 4.84 Å². The normalized spacial score (nSPS) is 23.0. The standard InChI is InChI=1S/C22H41N3O/c1-3-4-5-6-7-8-12-21-13-9-10-14-22(21)23-26-20-11-15-25-18-16-24(2)17-19-25/h12H,3-11,13-20H2,1-2H3. The molecule has 1 aliphatic carbocycles. The molecule has 1 saturated heterocycles. The summed E-state index contributed by atoms with van der Waals surface area (Å²) in [5.74, 6) is 0. The maximum Gasteiger partial charge on any atom is 0.118 e. The fraction of sp³-hybridized carbons (Fsp3) is 0.864. The van der Waals surface area contributed by atoms with Gasteiger partial charge in [-0.2, -0.15) is 0 Å². The van der Waals surface area contributed by atoms with Crippen molar-refractivity contribution in [2.24, 2.45) is 5.16 Å². The molecule has 26 heavy (non-hydrogen) atoms. The number of nitrogens with zero attached hydrogens (tertiary/aromatic N) is 3. The van der Waals surface area contributed by atoms with Crippen molar-refractivity contribution in [2.45, 2.75) is 77.6 Å². The molecule has 0 aromatic rings. The monoisotopic (exact) mass is 363 g/mol. The summed E-state index contributed by atoms with van der Waals surface area (Å²) in [5.41, 5.74) is 2.69. The van der Waals surface area contributed by atoms with Crippen molar-refractivity contribution in [1.29, 1.82) is 0 Å². The van der Waals surface area contributed by atoms with Gasteiger partial charge in [0.05, 0.1) is 5.71 Å². The molecule has 150 valence electrons. The second kappa shape index (κ2) is 13.3. The molecule has 4 heteroatoms. The number of allylic oxidation sites excluding steroid dienone is 2. The van der Waals surface area contributed by atoms with E-state index in [1.54, 1.807) is 0 Å². The van der Waals surface area contributed by atoms with E-state index in [-0.39, 0.29) is 0 Å². The van der Waals surface area contributed by atoms with Crippen LogP contribution in [0.2, 0.25) is 0 Å². The third-order valence-corrected chi connectivity index (χ3v) is 5.66. The first-order valence-corrected chi connectivity index (χ1v) is 11.1. The number of rotatable bonds is 11. The predicted molar refractivity (Wildman–Crippen MR) is 112 cm³/mol. The lowest BCUT2D eigenvalue weighted by Gasteiger charge is -2.32. The molecule has 0 N–H and O–H groups in total. The minimum atomic E-state index is 0.750. The van der Waals surface area contributed by atoms with Gasteiger partial charge < -0.3 is 14.6 Å². The van der Waals surface area contributed by atoms with Gasteiger partial charge in [0.2, 0.25) is 0 Å². The molecule has 0 aromatic heterocycles. The van der Waals surface area contributed by atoms with Gasteiger partial charge in [0.15, 0.2) is 0 Å². The third-order valence-electron chi connectivity index (χ3n) is 5.66. The van der Waals surface area contributed by atoms with Crippen LogP contribution < -0.4 is 0 Å². The van der Waals surface area contributed by atoms with Gasteiger partial charge in [-0.05, 0) is 57.6 Å². The number of hydrogen-bond donors (Lipinski definition) is 0. The van der Waals surface area contributed by atoms with Crippen molar-refractivity contribution in [2.75, 3.05) is 46.4 Å². The van der Waals surface area contributed by atoms with Crippen LogP contribution in [0.1, 0.15) is 77.6 Å². The average molecular weight is 364 g/mol. The van der Waals surface area contributed by atoms with E-state index >= 15 is 0 Å². The Morgan fingerprint density at radius 3 is 2.54 bits per heavy atom. The summed E-state index contributed by atoms with van der Waals surface area (Å²) in [6, 6.07) is 0. The topological polar surface area (TPSA) is 28.1 Å². The van der Waals surface area contributed by atoms with E-state index in [2.05, 4.69) is 35.0 Å². The van der Waals surface area contributed by atoms with Crippen LogP contribution in [0, 0.1) is 0 Å². The van der Waals surface area contributed by atoms with Crippen molar-refractivity contribution in [3.63, 3.8) is 0 Å². The van der Waals surface area contributed by atoms with Crippen LogP contribution in [0.15, 0.2) is 16.8 Å². The van der Waals surface area contributed by atoms with Gasteiger partial charge in [0.1, 0.15) is 6.61 Å². The Hall–Kier alpha value is -0.870. The highest BCUT2D eigenvalue weighted by atomic mass is 16.6. The average Bonchev–Trinajstić information content (AvgIpc) is 2.67. The second-order valence-corrected chi connectivity index (χ2v) is 8.01. The molecule has 0 unspecified atom stereocenters. The predicted octanol–water partition coefficient (Wildman–Crippen LogP) is 4.86. The zero-order valence-corrected chi connectivity index (χ0v) is 17.3. The second-order valence-electron chi connectivity index (χ2n) is 8.01. The Morgan fingerprint density at radius 1 is 0.962 bits per heavy atom. The van der Waals surface area contributed by atoms with Crippen LogP contribution in [0.4, 0.5) is 0 Å². The summed E-state index contributed by atoms with van der Waals surface area (Å²) in [4.78, 5) is 10.6. The van der Waals surface area contributed by atoms with E-state index in [1.807, 2.05) is 0 Å². The van der Waals surface area contributed by atoms with Crippen molar-refractivity contribution in [3.8, 4) is 0 Å². The Labute approximate surface area is 161 Å². The van der Waals surface area contributed by atoms with Gasteiger partial charge in [-0.25, -0.2) is 0 Å². The highest BCUT2D eigenvalue weighted by Gasteiger charge is 2.14. The van der Waals surface area contributed by atoms with Crippen molar-refractivity contribution < 1.29 is 4.84 Å². The van der Waals surface area contributed by atoms with Crippen LogP contribution in [0.25, 0.3) is 0 Å². The van der Waals surface area contributed by atoms with E-state index in [9.17, 15) is 0 Å². The number of unbranched alkanes of at least 4 members (excludes halogenated alkanes) is 5. The molecular weight excluding hydrogens is 322 g/mol. The molecule has 1 saturated carbocycles. The van der Waals surface area contributed by atoms with Gasteiger partial charge in [-0.3, -0.25) is 0 Å². The van der Waals surface area contributed by atoms with E-state index in [1.165, 1.54) is 95.3 Å². The quantitative estimate of drug-likeness (QED) is 0.388. The molecular formula is C22H41N3O. The van der Waals surface area contributed by atoms with Crippen LogP contribution in [-0.4, -0.2) is 61.9 Å². The molecule has 0 spiro atoms. The Bertz CT molecular complexity index is 425. The molecule has 0 bridgehead atoms. The third kappa shape index (κ3) is 8.68. The molecule has 0 atom stereocenters. The van der Waals surface area contributed by atoms with Gasteiger partial charge >= 0.3 is 0 Å². The molecule has 1 aliphatic heterocycles. The summed E-state index contributed by atoms with van der Waals surface area (Å²) in [5, 5.41) is 4.51. The maximum atomic E-state index is 5.69. The largest absolute Gasteiger partial charge is 0.396 e. The Balaban J connectivity index is 1.62. The molecule has 1 heterocycles. The number of likely N-dealkylation sites (N-methyl/N-ethyl adjacent to an activating group) is 1. The zero-order chi connectivity index (χ0) is 18.5. The molecule has 0 radical (unpaired) electrons. The van der Waals surface area contributed by atoms with E-state index < -0.39 is 0 Å². The van der Waals surface area contributed by atoms with Crippen molar-refractivity contribution >= 4 is 5.71 Å². The highest BCUT2D eigenvalue weighted by Crippen LogP contribution is 2.22. The first kappa shape index (κ1) is 21.4. The molecule has 4 nitrogen and oxygen atoms in total. The summed E-state index contributed by atoms with van der Waals surface area (Å²) in [6.07, 6.45) is 16.4. The van der Waals surface area contributed by atoms with Gasteiger partial charge in [0, 0.05) is 32.7 Å². The SMILES string of the molecule is CCCCCCCC=C1CCCCC1=NOCCCN1CCN(C)CC1. The summed E-state index contributed by atoms with van der Waals surface area (Å²) in [7, 11) is 2.21. The van der Waals surface area contributed by atoms with Crippen molar-refractivity contribution in [3.05, 3.63) is 11.6 Å². The van der Waals surface area contributed by atoms with Crippen LogP contribution in [0.3, 0.4) is 0 Å². The van der Waals surface area contributed by atoms with Gasteiger partial charge in [0.25, 0.3) is 0 Å². The van der Waals surface area contributed by atoms with Crippen molar-refractivity contribution in [1.82, 2.24) is 9.80 Å². The molecule has 2 fully saturated rings. The van der Waals surface area contributed by atoms with E-state index in [0.717, 1.165) is 26.0 Å². The minimum Gasteiger partial charge on any atom is -0.396 e. The summed E-state index contributed by atoms with van der Waals surface area (Å²) >= 11 is 0. The van der Waals surface area contributed by atoms with Crippen LogP contribution in [0.5, 0.6) is 0 Å². The Morgan fingerprint density at radius 2 is 1.73 bits per heavy atom.